The van der Waals surface area contributed by atoms with E-state index in [0.29, 0.717) is 17.3 Å². The Bertz CT molecular complexity index is 521. The van der Waals surface area contributed by atoms with Gasteiger partial charge < -0.3 is 15.8 Å². The average Bonchev–Trinajstić information content (AvgIpc) is 2.66. The molecule has 1 heterocycles. The number of rotatable bonds is 2. The summed E-state index contributed by atoms with van der Waals surface area (Å²) >= 11 is 3.20. The zero-order valence-corrected chi connectivity index (χ0v) is 13.0. The zero-order chi connectivity index (χ0) is 14.7. The minimum Gasteiger partial charge on any atom is -0.409 e. The molecule has 0 spiro atoms. The first-order valence-corrected chi connectivity index (χ1v) is 7.58. The molecule has 1 unspecified atom stereocenters. The van der Waals surface area contributed by atoms with E-state index < -0.39 is 0 Å². The van der Waals surface area contributed by atoms with Crippen LogP contribution < -0.4 is 10.6 Å². The van der Waals surface area contributed by atoms with Crippen LogP contribution in [-0.2, 0) is 0 Å². The fourth-order valence-electron chi connectivity index (χ4n) is 2.65. The highest BCUT2D eigenvalue weighted by molar-refractivity contribution is 9.10. The number of halogens is 2. The van der Waals surface area contributed by atoms with Gasteiger partial charge in [0.05, 0.1) is 10.2 Å². The summed E-state index contributed by atoms with van der Waals surface area (Å²) in [6.45, 7) is 2.98. The van der Waals surface area contributed by atoms with E-state index in [-0.39, 0.29) is 16.1 Å². The van der Waals surface area contributed by atoms with E-state index in [1.54, 1.807) is 12.1 Å². The fraction of sp³-hybridized carbons (Fsp3) is 0.500. The summed E-state index contributed by atoms with van der Waals surface area (Å²) in [6.07, 6.45) is 4.51. The minimum absolute atomic E-state index is 0.105. The van der Waals surface area contributed by atoms with Crippen molar-refractivity contribution >= 4 is 27.5 Å². The molecular formula is C14H19BrFN3O. The van der Waals surface area contributed by atoms with Crippen LogP contribution in [0.1, 0.15) is 38.2 Å². The second-order valence-corrected chi connectivity index (χ2v) is 5.93. The van der Waals surface area contributed by atoms with Crippen molar-refractivity contribution in [1.82, 2.24) is 0 Å². The Morgan fingerprint density at radius 3 is 2.90 bits per heavy atom. The van der Waals surface area contributed by atoms with Crippen LogP contribution in [-0.4, -0.2) is 23.6 Å². The van der Waals surface area contributed by atoms with Crippen LogP contribution >= 0.6 is 15.9 Å². The number of nitrogens with zero attached hydrogens (tertiary/aromatic N) is 2. The van der Waals surface area contributed by atoms with Crippen LogP contribution in [0.2, 0.25) is 0 Å². The molecule has 2 rings (SSSR count). The highest BCUT2D eigenvalue weighted by Crippen LogP contribution is 2.32. The van der Waals surface area contributed by atoms with Crippen molar-refractivity contribution in [2.45, 2.75) is 38.6 Å². The van der Waals surface area contributed by atoms with Gasteiger partial charge in [0.2, 0.25) is 0 Å². The Balaban J connectivity index is 2.40. The molecular weight excluding hydrogens is 325 g/mol. The van der Waals surface area contributed by atoms with Gasteiger partial charge in [-0.1, -0.05) is 18.0 Å². The van der Waals surface area contributed by atoms with Gasteiger partial charge >= 0.3 is 0 Å². The van der Waals surface area contributed by atoms with Crippen LogP contribution in [0.5, 0.6) is 0 Å². The number of nitrogens with two attached hydrogens (primary N) is 1. The van der Waals surface area contributed by atoms with Crippen molar-refractivity contribution in [1.29, 1.82) is 0 Å². The zero-order valence-electron chi connectivity index (χ0n) is 11.4. The molecule has 0 saturated carbocycles. The lowest BCUT2D eigenvalue weighted by molar-refractivity contribution is 0.318. The van der Waals surface area contributed by atoms with Crippen molar-refractivity contribution in [3.05, 3.63) is 28.0 Å². The monoisotopic (exact) mass is 343 g/mol. The Hall–Kier alpha value is -1.30. The third-order valence-electron chi connectivity index (χ3n) is 3.81. The van der Waals surface area contributed by atoms with Crippen molar-refractivity contribution < 1.29 is 9.60 Å². The standard InChI is InChI=1S/C14H19BrFN3O/c1-9-5-3-2-4-8-19(9)11-7-6-10(14(17)18-20)12(15)13(11)16/h6-7,9,20H,2-5,8H2,1H3,(H2,17,18). The molecule has 0 amide bonds. The third-order valence-corrected chi connectivity index (χ3v) is 4.58. The summed E-state index contributed by atoms with van der Waals surface area (Å²) in [7, 11) is 0. The molecule has 0 aromatic heterocycles. The van der Waals surface area contributed by atoms with Gasteiger partial charge in [-0.2, -0.15) is 0 Å². The number of benzene rings is 1. The van der Waals surface area contributed by atoms with E-state index in [0.717, 1.165) is 19.4 Å². The molecule has 6 heteroatoms. The van der Waals surface area contributed by atoms with Gasteiger partial charge in [-0.3, -0.25) is 0 Å². The Kier molecular flexibility index (Phi) is 4.86. The topological polar surface area (TPSA) is 61.8 Å². The highest BCUT2D eigenvalue weighted by Gasteiger charge is 2.23. The van der Waals surface area contributed by atoms with Gasteiger partial charge in [-0.25, -0.2) is 4.39 Å². The predicted molar refractivity (Wildman–Crippen MR) is 81.9 cm³/mol. The van der Waals surface area contributed by atoms with Crippen LogP contribution in [0, 0.1) is 5.82 Å². The molecule has 20 heavy (non-hydrogen) atoms. The van der Waals surface area contributed by atoms with E-state index >= 15 is 0 Å². The summed E-state index contributed by atoms with van der Waals surface area (Å²) in [5, 5.41) is 11.6. The van der Waals surface area contributed by atoms with Gasteiger partial charge in [-0.15, -0.1) is 0 Å². The summed E-state index contributed by atoms with van der Waals surface area (Å²) in [5.41, 5.74) is 6.46. The Morgan fingerprint density at radius 1 is 1.45 bits per heavy atom. The Morgan fingerprint density at radius 2 is 2.20 bits per heavy atom. The van der Waals surface area contributed by atoms with Crippen molar-refractivity contribution in [2.24, 2.45) is 10.9 Å². The van der Waals surface area contributed by atoms with E-state index in [1.165, 1.54) is 12.8 Å². The molecule has 0 aliphatic carbocycles. The molecule has 110 valence electrons. The summed E-state index contributed by atoms with van der Waals surface area (Å²) < 4.78 is 14.8. The van der Waals surface area contributed by atoms with Crippen LogP contribution in [0.3, 0.4) is 0 Å². The fourth-order valence-corrected chi connectivity index (χ4v) is 3.18. The number of hydrogen-bond donors (Lipinski definition) is 2. The molecule has 1 atom stereocenters. The average molecular weight is 344 g/mol. The summed E-state index contributed by atoms with van der Waals surface area (Å²) in [6, 6.07) is 3.69. The normalized spacial score (nSPS) is 20.9. The third kappa shape index (κ3) is 2.90. The first-order valence-electron chi connectivity index (χ1n) is 6.78. The lowest BCUT2D eigenvalue weighted by Gasteiger charge is -2.30. The molecule has 1 aromatic carbocycles. The quantitative estimate of drug-likeness (QED) is 0.374. The number of oxime groups is 1. The van der Waals surface area contributed by atoms with Crippen molar-refractivity contribution in [3.63, 3.8) is 0 Å². The van der Waals surface area contributed by atoms with Gasteiger partial charge in [0.1, 0.15) is 0 Å². The van der Waals surface area contributed by atoms with E-state index in [9.17, 15) is 4.39 Å². The Labute approximate surface area is 126 Å². The van der Waals surface area contributed by atoms with Crippen LogP contribution in [0.4, 0.5) is 10.1 Å². The lowest BCUT2D eigenvalue weighted by Crippen LogP contribution is -2.33. The maximum absolute atomic E-state index is 14.6. The second-order valence-electron chi connectivity index (χ2n) is 5.14. The van der Waals surface area contributed by atoms with Gasteiger partial charge in [-0.05, 0) is 47.8 Å². The predicted octanol–water partition coefficient (Wildman–Crippen LogP) is 3.45. The van der Waals surface area contributed by atoms with Crippen LogP contribution in [0.15, 0.2) is 21.8 Å². The number of hydrogen-bond acceptors (Lipinski definition) is 3. The molecule has 4 nitrogen and oxygen atoms in total. The second kappa shape index (κ2) is 6.43. The van der Waals surface area contributed by atoms with E-state index in [4.69, 9.17) is 10.9 Å². The molecule has 1 fully saturated rings. The highest BCUT2D eigenvalue weighted by atomic mass is 79.9. The maximum Gasteiger partial charge on any atom is 0.171 e. The number of anilines is 1. The largest absolute Gasteiger partial charge is 0.409 e. The molecule has 0 radical (unpaired) electrons. The van der Waals surface area contributed by atoms with E-state index in [2.05, 4.69) is 32.9 Å². The minimum atomic E-state index is -0.358. The van der Waals surface area contributed by atoms with Gasteiger partial charge in [0.25, 0.3) is 0 Å². The smallest absolute Gasteiger partial charge is 0.171 e. The summed E-state index contributed by atoms with van der Waals surface area (Å²) in [5.74, 6) is -0.464. The van der Waals surface area contributed by atoms with Crippen molar-refractivity contribution in [3.8, 4) is 0 Å². The SMILES string of the molecule is CC1CCCCCN1c1ccc(/C(N)=N/O)c(Br)c1F. The maximum atomic E-state index is 14.6. The molecule has 1 aliphatic heterocycles. The molecule has 1 saturated heterocycles. The van der Waals surface area contributed by atoms with Gasteiger partial charge in [0.15, 0.2) is 11.7 Å². The van der Waals surface area contributed by atoms with Crippen molar-refractivity contribution in [2.75, 3.05) is 11.4 Å². The molecule has 1 aromatic rings. The van der Waals surface area contributed by atoms with Gasteiger partial charge in [0, 0.05) is 18.2 Å². The molecule has 1 aliphatic rings. The molecule has 0 bridgehead atoms. The molecule has 3 N–H and O–H groups in total. The first kappa shape index (κ1) is 15.1. The lowest BCUT2D eigenvalue weighted by atomic mass is 10.1. The van der Waals surface area contributed by atoms with Crippen LogP contribution in [0.25, 0.3) is 0 Å². The van der Waals surface area contributed by atoms with E-state index in [1.807, 2.05) is 0 Å². The first-order chi connectivity index (χ1) is 9.56. The number of amidine groups is 1. The summed E-state index contributed by atoms with van der Waals surface area (Å²) in [4.78, 5) is 2.10.